The van der Waals surface area contributed by atoms with Gasteiger partial charge in [0.15, 0.2) is 0 Å². The molecule has 1 aliphatic carbocycles. The summed E-state index contributed by atoms with van der Waals surface area (Å²) in [5.41, 5.74) is 0.463. The minimum atomic E-state index is 0.463. The molecule has 0 heterocycles. The summed E-state index contributed by atoms with van der Waals surface area (Å²) in [6, 6.07) is 0. The maximum absolute atomic E-state index is 2.58. The Morgan fingerprint density at radius 3 is 2.37 bits per heavy atom. The molecule has 1 aliphatic rings. The molecule has 0 aromatic heterocycles. The van der Waals surface area contributed by atoms with Crippen LogP contribution < -0.4 is 0 Å². The van der Waals surface area contributed by atoms with Crippen LogP contribution in [0.15, 0.2) is 12.2 Å². The molecule has 0 aromatic carbocycles. The van der Waals surface area contributed by atoms with Gasteiger partial charge in [-0.3, -0.25) is 0 Å². The standard InChI is InChI=1S/C27H52/c1-9-12-17-26-24(15-11-3)20-21(4)19-23(6)25(22(5)14-10-2)16-13-18-27(26,7)8/h11,15,21-26H,9-10,12-14,16-20H2,1-8H3. The fraction of sp³-hybridized carbons (Fsp3) is 0.926. The molecule has 1 fully saturated rings. The molecule has 1 rings (SSSR count). The highest BCUT2D eigenvalue weighted by atomic mass is 14.4. The van der Waals surface area contributed by atoms with Gasteiger partial charge in [-0.2, -0.15) is 0 Å². The normalized spacial score (nSPS) is 34.3. The Balaban J connectivity index is 3.09. The van der Waals surface area contributed by atoms with E-state index >= 15 is 0 Å². The van der Waals surface area contributed by atoms with Crippen molar-refractivity contribution in [2.24, 2.45) is 40.9 Å². The van der Waals surface area contributed by atoms with Gasteiger partial charge in [-0.15, -0.1) is 0 Å². The molecule has 160 valence electrons. The molecule has 0 spiro atoms. The molecule has 0 aromatic rings. The highest BCUT2D eigenvalue weighted by molar-refractivity contribution is 4.96. The topological polar surface area (TPSA) is 0 Å². The average Bonchev–Trinajstić information content (AvgIpc) is 2.59. The highest BCUT2D eigenvalue weighted by Crippen LogP contribution is 2.46. The second kappa shape index (κ2) is 12.3. The Morgan fingerprint density at radius 1 is 1.07 bits per heavy atom. The number of rotatable bonds is 7. The molecule has 0 radical (unpaired) electrons. The van der Waals surface area contributed by atoms with Crippen LogP contribution in [0.4, 0.5) is 0 Å². The summed E-state index contributed by atoms with van der Waals surface area (Å²) in [6.45, 7) is 19.7. The smallest absolute Gasteiger partial charge is 0.0198 e. The Bertz CT molecular complexity index is 404. The van der Waals surface area contributed by atoms with E-state index in [4.69, 9.17) is 0 Å². The van der Waals surface area contributed by atoms with Gasteiger partial charge in [-0.05, 0) is 80.0 Å². The molecule has 1 saturated carbocycles. The minimum Gasteiger partial charge on any atom is -0.0914 e. The zero-order chi connectivity index (χ0) is 20.4. The van der Waals surface area contributed by atoms with Gasteiger partial charge in [-0.1, -0.05) is 92.7 Å². The minimum absolute atomic E-state index is 0.463. The van der Waals surface area contributed by atoms with Crippen molar-refractivity contribution < 1.29 is 0 Å². The summed E-state index contributed by atoms with van der Waals surface area (Å²) in [5, 5.41) is 0. The summed E-state index contributed by atoms with van der Waals surface area (Å²) < 4.78 is 0. The SMILES string of the molecule is CC=CC1CC(C)CC(C)C(C(C)CCC)CCCC(C)(C)C1CCCC. The van der Waals surface area contributed by atoms with E-state index in [2.05, 4.69) is 67.5 Å². The summed E-state index contributed by atoms with van der Waals surface area (Å²) >= 11 is 0. The fourth-order valence-electron chi connectivity index (χ4n) is 6.38. The summed E-state index contributed by atoms with van der Waals surface area (Å²) in [5.74, 6) is 5.15. The molecular weight excluding hydrogens is 324 g/mol. The van der Waals surface area contributed by atoms with Crippen LogP contribution in [0.1, 0.15) is 120 Å². The molecule has 6 unspecified atom stereocenters. The number of hydrogen-bond donors (Lipinski definition) is 0. The van der Waals surface area contributed by atoms with Crippen LogP contribution in [0.2, 0.25) is 0 Å². The lowest BCUT2D eigenvalue weighted by atomic mass is 9.65. The van der Waals surface area contributed by atoms with Gasteiger partial charge < -0.3 is 0 Å². The van der Waals surface area contributed by atoms with Crippen LogP contribution in [0.5, 0.6) is 0 Å². The lowest BCUT2D eigenvalue weighted by Crippen LogP contribution is -2.31. The van der Waals surface area contributed by atoms with E-state index in [1.807, 2.05) is 0 Å². The van der Waals surface area contributed by atoms with E-state index in [0.29, 0.717) is 5.41 Å². The second-order valence-corrected chi connectivity index (χ2v) is 10.8. The summed E-state index contributed by atoms with van der Waals surface area (Å²) in [4.78, 5) is 0. The maximum atomic E-state index is 2.58. The zero-order valence-corrected chi connectivity index (χ0v) is 20.2. The van der Waals surface area contributed by atoms with E-state index < -0.39 is 0 Å². The monoisotopic (exact) mass is 376 g/mol. The molecule has 0 nitrogen and oxygen atoms in total. The maximum Gasteiger partial charge on any atom is -0.0198 e. The first-order chi connectivity index (χ1) is 12.8. The van der Waals surface area contributed by atoms with Crippen molar-refractivity contribution >= 4 is 0 Å². The van der Waals surface area contributed by atoms with Crippen molar-refractivity contribution in [1.82, 2.24) is 0 Å². The van der Waals surface area contributed by atoms with Gasteiger partial charge in [0.05, 0.1) is 0 Å². The van der Waals surface area contributed by atoms with E-state index in [1.54, 1.807) is 0 Å². The number of unbranched alkanes of at least 4 members (excludes halogenated alkanes) is 1. The number of hydrogen-bond acceptors (Lipinski definition) is 0. The first-order valence-corrected chi connectivity index (χ1v) is 12.4. The van der Waals surface area contributed by atoms with Gasteiger partial charge in [0.25, 0.3) is 0 Å². The van der Waals surface area contributed by atoms with Gasteiger partial charge in [0, 0.05) is 0 Å². The first kappa shape index (κ1) is 24.8. The van der Waals surface area contributed by atoms with E-state index in [9.17, 15) is 0 Å². The molecule has 0 aliphatic heterocycles. The van der Waals surface area contributed by atoms with Crippen LogP contribution in [0.3, 0.4) is 0 Å². The van der Waals surface area contributed by atoms with Gasteiger partial charge >= 0.3 is 0 Å². The summed E-state index contributed by atoms with van der Waals surface area (Å²) in [6.07, 6.45) is 18.9. The molecule has 0 amide bonds. The molecule has 0 bridgehead atoms. The van der Waals surface area contributed by atoms with Crippen molar-refractivity contribution in [3.8, 4) is 0 Å². The molecule has 0 saturated heterocycles. The van der Waals surface area contributed by atoms with Crippen molar-refractivity contribution in [3.63, 3.8) is 0 Å². The quantitative estimate of drug-likeness (QED) is 0.388. The van der Waals surface area contributed by atoms with Crippen molar-refractivity contribution in [3.05, 3.63) is 12.2 Å². The van der Waals surface area contributed by atoms with E-state index in [0.717, 1.165) is 35.5 Å². The fourth-order valence-corrected chi connectivity index (χ4v) is 6.38. The Morgan fingerprint density at radius 2 is 1.78 bits per heavy atom. The Kier molecular flexibility index (Phi) is 11.3. The third-order valence-electron chi connectivity index (χ3n) is 7.84. The van der Waals surface area contributed by atoms with Crippen LogP contribution in [-0.2, 0) is 0 Å². The Labute approximate surface area is 173 Å². The van der Waals surface area contributed by atoms with E-state index in [1.165, 1.54) is 64.2 Å². The van der Waals surface area contributed by atoms with Gasteiger partial charge in [0.2, 0.25) is 0 Å². The predicted octanol–water partition coefficient (Wildman–Crippen LogP) is 9.30. The van der Waals surface area contributed by atoms with E-state index in [-0.39, 0.29) is 0 Å². The lowest BCUT2D eigenvalue weighted by Gasteiger charge is -2.40. The van der Waals surface area contributed by atoms with Crippen LogP contribution in [0.25, 0.3) is 0 Å². The molecule has 0 heteroatoms. The van der Waals surface area contributed by atoms with Crippen molar-refractivity contribution in [1.29, 1.82) is 0 Å². The van der Waals surface area contributed by atoms with Crippen LogP contribution in [0, 0.1) is 40.9 Å². The predicted molar refractivity (Wildman–Crippen MR) is 124 cm³/mol. The molecule has 27 heavy (non-hydrogen) atoms. The zero-order valence-electron chi connectivity index (χ0n) is 20.2. The van der Waals surface area contributed by atoms with Crippen LogP contribution >= 0.6 is 0 Å². The van der Waals surface area contributed by atoms with Crippen molar-refractivity contribution in [2.45, 2.75) is 120 Å². The Hall–Kier alpha value is -0.260. The van der Waals surface area contributed by atoms with Gasteiger partial charge in [0.1, 0.15) is 0 Å². The van der Waals surface area contributed by atoms with Gasteiger partial charge in [-0.25, -0.2) is 0 Å². The number of allylic oxidation sites excluding steroid dienone is 2. The van der Waals surface area contributed by atoms with Crippen molar-refractivity contribution in [2.75, 3.05) is 0 Å². The average molecular weight is 377 g/mol. The second-order valence-electron chi connectivity index (χ2n) is 10.8. The molecule has 0 N–H and O–H groups in total. The largest absolute Gasteiger partial charge is 0.0914 e. The highest BCUT2D eigenvalue weighted by Gasteiger charge is 2.36. The lowest BCUT2D eigenvalue weighted by molar-refractivity contribution is 0.119. The first-order valence-electron chi connectivity index (χ1n) is 12.4. The third-order valence-corrected chi connectivity index (χ3v) is 7.84. The third kappa shape index (κ3) is 7.94. The summed E-state index contributed by atoms with van der Waals surface area (Å²) in [7, 11) is 0. The van der Waals surface area contributed by atoms with Crippen LogP contribution in [-0.4, -0.2) is 0 Å². The molecular formula is C27H52. The molecule has 6 atom stereocenters.